The topological polar surface area (TPSA) is 34.1 Å². The molecule has 0 N–H and O–H groups in total. The molecule has 0 saturated heterocycles. The Morgan fingerprint density at radius 3 is 1.55 bits per heavy atom. The largest absolute Gasteiger partial charge is 0.304 e. The summed E-state index contributed by atoms with van der Waals surface area (Å²) in [5.74, 6) is -1.47. The quantitative estimate of drug-likeness (QED) is 0.575. The molecule has 0 aromatic carbocycles. The number of hydrogen-bond donors (Lipinski definition) is 0. The number of halogens is 2. The van der Waals surface area contributed by atoms with Crippen LogP contribution in [0.15, 0.2) is 0 Å². The van der Waals surface area contributed by atoms with Crippen LogP contribution < -0.4 is 0 Å². The van der Waals surface area contributed by atoms with E-state index in [4.69, 9.17) is 0 Å². The summed E-state index contributed by atoms with van der Waals surface area (Å²) in [5, 5.41) is 0. The smallest absolute Gasteiger partial charge is 0.261 e. The minimum atomic E-state index is -1.42. The van der Waals surface area contributed by atoms with Crippen LogP contribution in [0.25, 0.3) is 0 Å². The van der Waals surface area contributed by atoms with Gasteiger partial charge in [0.25, 0.3) is 0 Å². The first-order valence-electron chi connectivity index (χ1n) is 3.50. The molecule has 1 rings (SSSR count). The van der Waals surface area contributed by atoms with Crippen LogP contribution in [0, 0.1) is 11.8 Å². The van der Waals surface area contributed by atoms with Gasteiger partial charge in [-0.2, -0.15) is 8.78 Å². The van der Waals surface area contributed by atoms with E-state index in [1.807, 2.05) is 0 Å². The molecule has 0 aliphatic heterocycles. The molecule has 1 aliphatic rings. The second kappa shape index (κ2) is 3.07. The van der Waals surface area contributed by atoms with E-state index in [0.29, 0.717) is 12.8 Å². The van der Waals surface area contributed by atoms with Crippen molar-refractivity contribution < 1.29 is 18.4 Å². The van der Waals surface area contributed by atoms with E-state index >= 15 is 0 Å². The average molecular weight is 162 g/mol. The molecule has 0 unspecified atom stereocenters. The average Bonchev–Trinajstić information content (AvgIpc) is 2.33. The van der Waals surface area contributed by atoms with E-state index in [9.17, 15) is 18.4 Å². The molecule has 4 heteroatoms. The highest BCUT2D eigenvalue weighted by Gasteiger charge is 2.33. The van der Waals surface area contributed by atoms with E-state index in [-0.39, 0.29) is 6.42 Å². The minimum absolute atomic E-state index is 0.0463. The third kappa shape index (κ3) is 1.82. The van der Waals surface area contributed by atoms with Crippen molar-refractivity contribution in [3.05, 3.63) is 0 Å². The molecule has 0 spiro atoms. The highest BCUT2D eigenvalue weighted by atomic mass is 19.1. The predicted molar refractivity (Wildman–Crippen MR) is 33.1 cm³/mol. The zero-order valence-corrected chi connectivity index (χ0v) is 5.85. The van der Waals surface area contributed by atoms with Gasteiger partial charge in [-0.25, -0.2) is 0 Å². The van der Waals surface area contributed by atoms with Crippen LogP contribution in [0.4, 0.5) is 8.78 Å². The summed E-state index contributed by atoms with van der Waals surface area (Å²) in [6, 6.07) is -2.84. The normalized spacial score (nSPS) is 30.4. The van der Waals surface area contributed by atoms with Gasteiger partial charge in [-0.3, -0.25) is 9.59 Å². The predicted octanol–water partition coefficient (Wildman–Crippen LogP) is 1.39. The lowest BCUT2D eigenvalue weighted by Gasteiger charge is -1.99. The SMILES string of the molecule is O=C(F)[C@@H]1CC[C@H](C(=O)F)C1. The Labute approximate surface area is 62.6 Å². The maximum absolute atomic E-state index is 12.0. The minimum Gasteiger partial charge on any atom is -0.261 e. The first-order chi connectivity index (χ1) is 5.11. The summed E-state index contributed by atoms with van der Waals surface area (Å²) < 4.78 is 23.9. The number of rotatable bonds is 2. The van der Waals surface area contributed by atoms with Crippen LogP contribution in [0.2, 0.25) is 0 Å². The van der Waals surface area contributed by atoms with Gasteiger partial charge < -0.3 is 0 Å². The van der Waals surface area contributed by atoms with Crippen molar-refractivity contribution >= 4 is 12.1 Å². The molecule has 1 fully saturated rings. The van der Waals surface area contributed by atoms with E-state index in [2.05, 4.69) is 0 Å². The van der Waals surface area contributed by atoms with Gasteiger partial charge in [-0.05, 0) is 19.3 Å². The Kier molecular flexibility index (Phi) is 2.31. The van der Waals surface area contributed by atoms with Crippen LogP contribution in [0.3, 0.4) is 0 Å². The fourth-order valence-electron chi connectivity index (χ4n) is 1.39. The van der Waals surface area contributed by atoms with Crippen molar-refractivity contribution in [1.82, 2.24) is 0 Å². The van der Waals surface area contributed by atoms with Gasteiger partial charge in [0.15, 0.2) is 0 Å². The van der Waals surface area contributed by atoms with Crippen LogP contribution in [0.5, 0.6) is 0 Å². The molecular weight excluding hydrogens is 154 g/mol. The summed E-state index contributed by atoms with van der Waals surface area (Å²) in [6.45, 7) is 0. The van der Waals surface area contributed by atoms with Gasteiger partial charge in [-0.1, -0.05) is 0 Å². The van der Waals surface area contributed by atoms with Gasteiger partial charge in [0.05, 0.1) is 11.8 Å². The lowest BCUT2D eigenvalue weighted by Crippen LogP contribution is -2.08. The molecule has 11 heavy (non-hydrogen) atoms. The van der Waals surface area contributed by atoms with E-state index in [0.717, 1.165) is 0 Å². The highest BCUT2D eigenvalue weighted by molar-refractivity contribution is 5.76. The summed E-state index contributed by atoms with van der Waals surface area (Å²) in [4.78, 5) is 20.2. The van der Waals surface area contributed by atoms with Crippen molar-refractivity contribution in [3.63, 3.8) is 0 Å². The van der Waals surface area contributed by atoms with E-state index in [1.165, 1.54) is 0 Å². The molecule has 62 valence electrons. The Bertz CT molecular complexity index is 171. The first kappa shape index (κ1) is 8.30. The van der Waals surface area contributed by atoms with Crippen molar-refractivity contribution in [1.29, 1.82) is 0 Å². The molecule has 0 aromatic rings. The fraction of sp³-hybridized carbons (Fsp3) is 0.714. The van der Waals surface area contributed by atoms with E-state index < -0.39 is 23.9 Å². The van der Waals surface area contributed by atoms with Crippen molar-refractivity contribution in [2.45, 2.75) is 19.3 Å². The van der Waals surface area contributed by atoms with Crippen molar-refractivity contribution in [2.24, 2.45) is 11.8 Å². The van der Waals surface area contributed by atoms with Gasteiger partial charge >= 0.3 is 12.1 Å². The monoisotopic (exact) mass is 162 g/mol. The summed E-state index contributed by atoms with van der Waals surface area (Å²) in [7, 11) is 0. The second-order valence-corrected chi connectivity index (χ2v) is 2.82. The maximum Gasteiger partial charge on any atom is 0.304 e. The van der Waals surface area contributed by atoms with Gasteiger partial charge in [0.2, 0.25) is 0 Å². The third-order valence-electron chi connectivity index (χ3n) is 2.07. The third-order valence-corrected chi connectivity index (χ3v) is 2.07. The zero-order valence-electron chi connectivity index (χ0n) is 5.85. The van der Waals surface area contributed by atoms with Gasteiger partial charge in [0, 0.05) is 0 Å². The number of hydrogen-bond acceptors (Lipinski definition) is 2. The standard InChI is InChI=1S/C7H8F2O2/c8-6(10)4-1-2-5(3-4)7(9)11/h4-5H,1-3H2/t4-,5+. The van der Waals surface area contributed by atoms with Gasteiger partial charge in [-0.15, -0.1) is 0 Å². The summed E-state index contributed by atoms with van der Waals surface area (Å²) >= 11 is 0. The lowest BCUT2D eigenvalue weighted by molar-refractivity contribution is -0.134. The summed E-state index contributed by atoms with van der Waals surface area (Å²) in [5.41, 5.74) is 0. The number of carbonyl (C=O) groups excluding carboxylic acids is 2. The molecule has 1 saturated carbocycles. The Hall–Kier alpha value is -0.800. The van der Waals surface area contributed by atoms with E-state index in [1.54, 1.807) is 0 Å². The summed E-state index contributed by atoms with van der Waals surface area (Å²) in [6.07, 6.45) is 0.649. The number of carbonyl (C=O) groups is 2. The fourth-order valence-corrected chi connectivity index (χ4v) is 1.39. The van der Waals surface area contributed by atoms with Crippen LogP contribution in [-0.2, 0) is 9.59 Å². The zero-order chi connectivity index (χ0) is 8.43. The molecule has 0 aromatic heterocycles. The first-order valence-corrected chi connectivity index (χ1v) is 3.50. The molecule has 0 heterocycles. The molecular formula is C7H8F2O2. The molecule has 0 radical (unpaired) electrons. The highest BCUT2D eigenvalue weighted by Crippen LogP contribution is 2.32. The Morgan fingerprint density at radius 2 is 1.36 bits per heavy atom. The van der Waals surface area contributed by atoms with Crippen LogP contribution in [0.1, 0.15) is 19.3 Å². The second-order valence-electron chi connectivity index (χ2n) is 2.82. The Balaban J connectivity index is 2.47. The molecule has 2 nitrogen and oxygen atoms in total. The molecule has 2 atom stereocenters. The van der Waals surface area contributed by atoms with Crippen molar-refractivity contribution in [3.8, 4) is 0 Å². The van der Waals surface area contributed by atoms with Gasteiger partial charge in [0.1, 0.15) is 0 Å². The molecule has 0 amide bonds. The maximum atomic E-state index is 12.0. The van der Waals surface area contributed by atoms with Crippen molar-refractivity contribution in [2.75, 3.05) is 0 Å². The van der Waals surface area contributed by atoms with Crippen LogP contribution >= 0.6 is 0 Å². The Morgan fingerprint density at radius 1 is 1.00 bits per heavy atom. The molecule has 1 aliphatic carbocycles. The van der Waals surface area contributed by atoms with Crippen LogP contribution in [-0.4, -0.2) is 12.1 Å². The molecule has 0 bridgehead atoms. The lowest BCUT2D eigenvalue weighted by atomic mass is 10.1.